The molecule has 1 aromatic heterocycles. The van der Waals surface area contributed by atoms with Gasteiger partial charge in [-0.3, -0.25) is 9.69 Å². The van der Waals surface area contributed by atoms with E-state index in [9.17, 15) is 19.1 Å². The maximum Gasteiger partial charge on any atom is 0.326 e. The van der Waals surface area contributed by atoms with Crippen LogP contribution in [0.1, 0.15) is 25.5 Å². The van der Waals surface area contributed by atoms with Crippen molar-refractivity contribution >= 4 is 46.3 Å². The molecule has 1 aliphatic rings. The van der Waals surface area contributed by atoms with Crippen molar-refractivity contribution < 1.29 is 23.5 Å². The fourth-order valence-electron chi connectivity index (χ4n) is 2.71. The number of benzene rings is 1. The Morgan fingerprint density at radius 3 is 2.67 bits per heavy atom. The summed E-state index contributed by atoms with van der Waals surface area (Å²) < 4.78 is 19.0. The van der Waals surface area contributed by atoms with Gasteiger partial charge < -0.3 is 9.52 Å². The lowest BCUT2D eigenvalue weighted by molar-refractivity contribution is -0.145. The van der Waals surface area contributed by atoms with Gasteiger partial charge in [-0.05, 0) is 42.8 Å². The molecule has 0 unspecified atom stereocenters. The van der Waals surface area contributed by atoms with Crippen molar-refractivity contribution in [2.45, 2.75) is 25.8 Å². The number of carboxylic acid groups (broad SMARTS) is 1. The van der Waals surface area contributed by atoms with Crippen LogP contribution in [0.4, 0.5) is 4.39 Å². The topological polar surface area (TPSA) is 70.8 Å². The number of carboxylic acids is 1. The number of rotatable bonds is 6. The highest BCUT2D eigenvalue weighted by atomic mass is 32.2. The summed E-state index contributed by atoms with van der Waals surface area (Å²) in [5.41, 5.74) is 0.706. The normalized spacial score (nSPS) is 17.0. The van der Waals surface area contributed by atoms with E-state index in [4.69, 9.17) is 16.6 Å². The second kappa shape index (κ2) is 8.06. The predicted octanol–water partition coefficient (Wildman–Crippen LogP) is 4.54. The Labute approximate surface area is 164 Å². The molecular weight excluding hydrogens is 389 g/mol. The summed E-state index contributed by atoms with van der Waals surface area (Å²) in [6, 6.07) is 8.30. The molecule has 140 valence electrons. The smallest absolute Gasteiger partial charge is 0.326 e. The fraction of sp³-hybridized carbons (Fsp3) is 0.211. The third-order valence-corrected chi connectivity index (χ3v) is 5.34. The van der Waals surface area contributed by atoms with Crippen molar-refractivity contribution in [3.05, 3.63) is 52.9 Å². The van der Waals surface area contributed by atoms with Crippen LogP contribution in [0.5, 0.6) is 0 Å². The summed E-state index contributed by atoms with van der Waals surface area (Å²) >= 11 is 6.26. The SMILES string of the molecule is CCC[C@H](C(=O)O)N1C(=O)/C(=C\c2ccc(-c3ccc(F)cc3)o2)SC1=S. The first-order chi connectivity index (χ1) is 12.9. The van der Waals surface area contributed by atoms with E-state index in [-0.39, 0.29) is 10.1 Å². The van der Waals surface area contributed by atoms with Crippen LogP contribution in [-0.4, -0.2) is 32.2 Å². The lowest BCUT2D eigenvalue weighted by Crippen LogP contribution is -2.43. The van der Waals surface area contributed by atoms with E-state index in [1.165, 1.54) is 18.2 Å². The number of hydrogen-bond acceptors (Lipinski definition) is 5. The molecule has 0 saturated carbocycles. The van der Waals surface area contributed by atoms with Crippen molar-refractivity contribution in [1.82, 2.24) is 4.90 Å². The molecule has 0 aliphatic carbocycles. The van der Waals surface area contributed by atoms with Gasteiger partial charge in [0, 0.05) is 11.6 Å². The summed E-state index contributed by atoms with van der Waals surface area (Å²) in [7, 11) is 0. The molecule has 3 rings (SSSR count). The Hall–Kier alpha value is -2.45. The molecule has 0 radical (unpaired) electrons. The second-order valence-electron chi connectivity index (χ2n) is 5.90. The molecular formula is C19H16FNO4S2. The highest BCUT2D eigenvalue weighted by molar-refractivity contribution is 8.26. The lowest BCUT2D eigenvalue weighted by Gasteiger charge is -2.22. The van der Waals surface area contributed by atoms with Crippen molar-refractivity contribution in [2.24, 2.45) is 0 Å². The zero-order chi connectivity index (χ0) is 19.6. The molecule has 1 aliphatic heterocycles. The van der Waals surface area contributed by atoms with Gasteiger partial charge in [-0.25, -0.2) is 9.18 Å². The van der Waals surface area contributed by atoms with Crippen LogP contribution < -0.4 is 0 Å². The zero-order valence-corrected chi connectivity index (χ0v) is 16.0. The van der Waals surface area contributed by atoms with Crippen LogP contribution in [0, 0.1) is 5.82 Å². The molecule has 8 heteroatoms. The number of carbonyl (C=O) groups excluding carboxylic acids is 1. The number of thiocarbonyl (C=S) groups is 1. The minimum atomic E-state index is -1.08. The number of carbonyl (C=O) groups is 2. The summed E-state index contributed by atoms with van der Waals surface area (Å²) in [6.07, 6.45) is 2.48. The first-order valence-electron chi connectivity index (χ1n) is 8.26. The van der Waals surface area contributed by atoms with Gasteiger partial charge in [-0.2, -0.15) is 0 Å². The van der Waals surface area contributed by atoms with Crippen molar-refractivity contribution in [2.75, 3.05) is 0 Å². The number of furan rings is 1. The molecule has 2 heterocycles. The van der Waals surface area contributed by atoms with E-state index < -0.39 is 17.9 Å². The molecule has 27 heavy (non-hydrogen) atoms. The highest BCUT2D eigenvalue weighted by Gasteiger charge is 2.40. The van der Waals surface area contributed by atoms with Gasteiger partial charge in [0.25, 0.3) is 5.91 Å². The number of halogens is 1. The number of amides is 1. The van der Waals surface area contributed by atoms with E-state index >= 15 is 0 Å². The summed E-state index contributed by atoms with van der Waals surface area (Å²) in [6.45, 7) is 1.85. The Balaban J connectivity index is 1.84. The molecule has 1 N–H and O–H groups in total. The van der Waals surface area contributed by atoms with Crippen LogP contribution in [0.15, 0.2) is 45.7 Å². The average Bonchev–Trinajstić information content (AvgIpc) is 3.19. The zero-order valence-electron chi connectivity index (χ0n) is 14.3. The van der Waals surface area contributed by atoms with Crippen LogP contribution in [0.3, 0.4) is 0 Å². The largest absolute Gasteiger partial charge is 0.480 e. The van der Waals surface area contributed by atoms with Crippen molar-refractivity contribution in [1.29, 1.82) is 0 Å². The number of aliphatic carboxylic acids is 1. The maximum absolute atomic E-state index is 13.0. The summed E-state index contributed by atoms with van der Waals surface area (Å²) in [5, 5.41) is 9.40. The van der Waals surface area contributed by atoms with Crippen molar-refractivity contribution in [3.8, 4) is 11.3 Å². The first kappa shape index (κ1) is 19.3. The summed E-state index contributed by atoms with van der Waals surface area (Å²) in [5.74, 6) is -0.894. The van der Waals surface area contributed by atoms with Gasteiger partial charge in [0.05, 0.1) is 4.91 Å². The van der Waals surface area contributed by atoms with Gasteiger partial charge >= 0.3 is 5.97 Å². The standard InChI is InChI=1S/C19H16FNO4S2/c1-2-3-14(18(23)24)21-17(22)16(27-19(21)26)10-13-8-9-15(25-13)11-4-6-12(20)7-5-11/h4-10,14H,2-3H2,1H3,(H,23,24)/b16-10+/t14-/m1/s1. The molecule has 0 bridgehead atoms. The van der Waals surface area contributed by atoms with Crippen LogP contribution in [0.2, 0.25) is 0 Å². The third-order valence-electron chi connectivity index (χ3n) is 4.01. The van der Waals surface area contributed by atoms with E-state index in [1.54, 1.807) is 24.3 Å². The number of nitrogens with zero attached hydrogens (tertiary/aromatic N) is 1. The van der Waals surface area contributed by atoms with Gasteiger partial charge in [0.1, 0.15) is 27.7 Å². The molecule has 1 amide bonds. The van der Waals surface area contributed by atoms with Gasteiger partial charge in [0.2, 0.25) is 0 Å². The van der Waals surface area contributed by atoms with E-state index in [0.717, 1.165) is 16.7 Å². The van der Waals surface area contributed by atoms with Crippen LogP contribution >= 0.6 is 24.0 Å². The monoisotopic (exact) mass is 405 g/mol. The van der Waals surface area contributed by atoms with Crippen molar-refractivity contribution in [3.63, 3.8) is 0 Å². The molecule has 1 aromatic carbocycles. The molecule has 5 nitrogen and oxygen atoms in total. The maximum atomic E-state index is 13.0. The quantitative estimate of drug-likeness (QED) is 0.562. The Bertz CT molecular complexity index is 920. The third kappa shape index (κ3) is 4.12. The highest BCUT2D eigenvalue weighted by Crippen LogP contribution is 2.35. The fourth-order valence-corrected chi connectivity index (χ4v) is 4.05. The number of thioether (sulfide) groups is 1. The first-order valence-corrected chi connectivity index (χ1v) is 9.49. The Morgan fingerprint density at radius 2 is 2.04 bits per heavy atom. The van der Waals surface area contributed by atoms with Gasteiger partial charge in [-0.1, -0.05) is 37.3 Å². The predicted molar refractivity (Wildman–Crippen MR) is 105 cm³/mol. The lowest BCUT2D eigenvalue weighted by atomic mass is 10.1. The minimum Gasteiger partial charge on any atom is -0.480 e. The van der Waals surface area contributed by atoms with Gasteiger partial charge in [-0.15, -0.1) is 0 Å². The molecule has 1 atom stereocenters. The molecule has 1 fully saturated rings. The average molecular weight is 405 g/mol. The molecule has 0 spiro atoms. The molecule has 2 aromatic rings. The summed E-state index contributed by atoms with van der Waals surface area (Å²) in [4.78, 5) is 25.6. The van der Waals surface area contributed by atoms with Crippen LogP contribution in [-0.2, 0) is 9.59 Å². The van der Waals surface area contributed by atoms with Crippen LogP contribution in [0.25, 0.3) is 17.4 Å². The van der Waals surface area contributed by atoms with E-state index in [0.29, 0.717) is 34.8 Å². The Morgan fingerprint density at radius 1 is 1.33 bits per heavy atom. The molecule has 1 saturated heterocycles. The number of hydrogen-bond donors (Lipinski definition) is 1. The van der Waals surface area contributed by atoms with E-state index in [1.807, 2.05) is 6.92 Å². The minimum absolute atomic E-state index is 0.220. The Kier molecular flexibility index (Phi) is 5.76. The van der Waals surface area contributed by atoms with E-state index in [2.05, 4.69) is 0 Å². The second-order valence-corrected chi connectivity index (χ2v) is 7.58. The van der Waals surface area contributed by atoms with Gasteiger partial charge in [0.15, 0.2) is 0 Å².